The molecule has 0 radical (unpaired) electrons. The summed E-state index contributed by atoms with van der Waals surface area (Å²) in [6, 6.07) is 0. The summed E-state index contributed by atoms with van der Waals surface area (Å²) in [4.78, 5) is 9.87. The topological polar surface area (TPSA) is 116 Å². The highest BCUT2D eigenvalue weighted by Gasteiger charge is 2.54. The lowest BCUT2D eigenvalue weighted by molar-refractivity contribution is -0.274. The van der Waals surface area contributed by atoms with Gasteiger partial charge in [0.25, 0.3) is 6.47 Å². The van der Waals surface area contributed by atoms with Gasteiger partial charge in [-0.25, -0.2) is 0 Å². The van der Waals surface area contributed by atoms with Gasteiger partial charge in [-0.3, -0.25) is 4.79 Å². The van der Waals surface area contributed by atoms with Crippen LogP contribution >= 0.6 is 0 Å². The minimum absolute atomic E-state index is 0.00369. The third-order valence-corrected chi connectivity index (χ3v) is 1.80. The molecular formula is C6H10O7. The number of ether oxygens (including phenoxy) is 2. The van der Waals surface area contributed by atoms with Crippen molar-refractivity contribution in [2.24, 2.45) is 0 Å². The van der Waals surface area contributed by atoms with Gasteiger partial charge in [-0.15, -0.1) is 0 Å². The van der Waals surface area contributed by atoms with Gasteiger partial charge in [0.2, 0.25) is 12.1 Å². The molecule has 76 valence electrons. The summed E-state index contributed by atoms with van der Waals surface area (Å²) in [5.74, 6) is -2.28. The lowest BCUT2D eigenvalue weighted by Gasteiger charge is -2.22. The number of carbonyl (C=O) groups excluding carboxylic acids is 1. The largest absolute Gasteiger partial charge is 0.435 e. The molecule has 4 N–H and O–H groups in total. The minimum Gasteiger partial charge on any atom is -0.435 e. The third kappa shape index (κ3) is 1.64. The summed E-state index contributed by atoms with van der Waals surface area (Å²) in [6.45, 7) is -0.909. The van der Waals surface area contributed by atoms with Crippen molar-refractivity contribution in [3.05, 3.63) is 0 Å². The normalized spacial score (nSPS) is 44.8. The van der Waals surface area contributed by atoms with Gasteiger partial charge in [0.05, 0.1) is 6.61 Å². The lowest BCUT2D eigenvalue weighted by atomic mass is 10.1. The van der Waals surface area contributed by atoms with Gasteiger partial charge in [0.1, 0.15) is 12.2 Å². The molecule has 4 atom stereocenters. The molecule has 1 aliphatic heterocycles. The van der Waals surface area contributed by atoms with Gasteiger partial charge < -0.3 is 29.9 Å². The van der Waals surface area contributed by atoms with Crippen molar-refractivity contribution in [1.82, 2.24) is 0 Å². The first-order valence-corrected chi connectivity index (χ1v) is 3.51. The third-order valence-electron chi connectivity index (χ3n) is 1.80. The first kappa shape index (κ1) is 10.4. The molecule has 1 fully saturated rings. The Morgan fingerprint density at radius 3 is 2.54 bits per heavy atom. The average Bonchev–Trinajstić information content (AvgIpc) is 2.33. The zero-order chi connectivity index (χ0) is 10.1. The number of hydrogen-bond donors (Lipinski definition) is 4. The van der Waals surface area contributed by atoms with Crippen LogP contribution in [0.1, 0.15) is 0 Å². The number of rotatable bonds is 3. The maximum atomic E-state index is 9.87. The van der Waals surface area contributed by atoms with Gasteiger partial charge in [-0.2, -0.15) is 0 Å². The fourth-order valence-electron chi connectivity index (χ4n) is 1.05. The lowest BCUT2D eigenvalue weighted by Crippen LogP contribution is -2.46. The predicted molar refractivity (Wildman–Crippen MR) is 36.1 cm³/mol. The molecule has 1 saturated heterocycles. The van der Waals surface area contributed by atoms with Crippen LogP contribution in [0.15, 0.2) is 0 Å². The molecule has 0 amide bonds. The number of aliphatic hydroxyl groups excluding tert-OH is 3. The molecular weight excluding hydrogens is 184 g/mol. The summed E-state index contributed by atoms with van der Waals surface area (Å²) < 4.78 is 8.71. The highest BCUT2D eigenvalue weighted by atomic mass is 16.8. The van der Waals surface area contributed by atoms with Crippen LogP contribution in [0.2, 0.25) is 0 Å². The first-order valence-electron chi connectivity index (χ1n) is 3.51. The minimum atomic E-state index is -2.28. The fraction of sp³-hybridized carbons (Fsp3) is 0.833. The van der Waals surface area contributed by atoms with Gasteiger partial charge in [0.15, 0.2) is 0 Å². The van der Waals surface area contributed by atoms with Crippen LogP contribution in [0.4, 0.5) is 0 Å². The van der Waals surface area contributed by atoms with Crippen molar-refractivity contribution in [2.45, 2.75) is 24.3 Å². The highest BCUT2D eigenvalue weighted by molar-refractivity contribution is 5.37. The van der Waals surface area contributed by atoms with E-state index in [-0.39, 0.29) is 6.47 Å². The van der Waals surface area contributed by atoms with Crippen LogP contribution in [0.25, 0.3) is 0 Å². The van der Waals surface area contributed by atoms with Gasteiger partial charge in [-0.05, 0) is 0 Å². The van der Waals surface area contributed by atoms with Crippen LogP contribution in [0, 0.1) is 0 Å². The van der Waals surface area contributed by atoms with Gasteiger partial charge in [-0.1, -0.05) is 0 Å². The van der Waals surface area contributed by atoms with E-state index in [0.29, 0.717) is 0 Å². The maximum Gasteiger partial charge on any atom is 0.295 e. The second-order valence-corrected chi connectivity index (χ2v) is 2.66. The smallest absolute Gasteiger partial charge is 0.295 e. The Hall–Kier alpha value is -0.730. The highest BCUT2D eigenvalue weighted by Crippen LogP contribution is 2.28. The van der Waals surface area contributed by atoms with Crippen molar-refractivity contribution < 1.29 is 34.7 Å². The molecule has 7 nitrogen and oxygen atoms in total. The van der Waals surface area contributed by atoms with E-state index in [9.17, 15) is 9.90 Å². The SMILES string of the molecule is O=CO[C@H]1O[C@@](O)(CO)[C@H](O)C1O. The molecule has 1 heterocycles. The predicted octanol–water partition coefficient (Wildman–Crippen LogP) is -3.08. The Balaban J connectivity index is 2.71. The molecule has 13 heavy (non-hydrogen) atoms. The fourth-order valence-corrected chi connectivity index (χ4v) is 1.05. The van der Waals surface area contributed by atoms with E-state index in [1.807, 2.05) is 0 Å². The van der Waals surface area contributed by atoms with Crippen molar-refractivity contribution in [3.8, 4) is 0 Å². The second kappa shape index (κ2) is 3.56. The summed E-state index contributed by atoms with van der Waals surface area (Å²) in [5.41, 5.74) is 0. The maximum absolute atomic E-state index is 9.87. The van der Waals surface area contributed by atoms with E-state index in [0.717, 1.165) is 0 Å². The van der Waals surface area contributed by atoms with Crippen molar-refractivity contribution in [1.29, 1.82) is 0 Å². The molecule has 1 aliphatic rings. The Morgan fingerprint density at radius 2 is 2.15 bits per heavy atom. The molecule has 1 rings (SSSR count). The zero-order valence-electron chi connectivity index (χ0n) is 6.53. The Bertz CT molecular complexity index is 195. The molecule has 1 unspecified atom stereocenters. The van der Waals surface area contributed by atoms with Crippen molar-refractivity contribution in [3.63, 3.8) is 0 Å². The summed E-state index contributed by atoms with van der Waals surface area (Å²) in [7, 11) is 0. The van der Waals surface area contributed by atoms with E-state index >= 15 is 0 Å². The summed E-state index contributed by atoms with van der Waals surface area (Å²) in [5, 5.41) is 36.1. The van der Waals surface area contributed by atoms with E-state index in [2.05, 4.69) is 9.47 Å². The van der Waals surface area contributed by atoms with E-state index < -0.39 is 30.9 Å². The summed E-state index contributed by atoms with van der Waals surface area (Å²) in [6.07, 6.45) is -4.77. The molecule has 0 aromatic carbocycles. The monoisotopic (exact) mass is 194 g/mol. The number of carbonyl (C=O) groups is 1. The van der Waals surface area contributed by atoms with Crippen LogP contribution in [-0.2, 0) is 14.3 Å². The van der Waals surface area contributed by atoms with Crippen molar-refractivity contribution in [2.75, 3.05) is 6.61 Å². The van der Waals surface area contributed by atoms with E-state index in [1.54, 1.807) is 0 Å². The number of hydrogen-bond acceptors (Lipinski definition) is 7. The Morgan fingerprint density at radius 1 is 1.54 bits per heavy atom. The molecule has 0 saturated carbocycles. The molecule has 7 heteroatoms. The molecule has 0 aromatic heterocycles. The zero-order valence-corrected chi connectivity index (χ0v) is 6.53. The molecule has 0 spiro atoms. The first-order chi connectivity index (χ1) is 6.05. The Kier molecular flexibility index (Phi) is 2.84. The van der Waals surface area contributed by atoms with E-state index in [4.69, 9.17) is 15.3 Å². The van der Waals surface area contributed by atoms with Gasteiger partial charge >= 0.3 is 0 Å². The van der Waals surface area contributed by atoms with Crippen LogP contribution in [-0.4, -0.2) is 57.8 Å². The van der Waals surface area contributed by atoms with Crippen LogP contribution in [0.3, 0.4) is 0 Å². The van der Waals surface area contributed by atoms with E-state index in [1.165, 1.54) is 0 Å². The standard InChI is InChI=1S/C6H10O7/c7-1-6(11)4(10)3(9)5(13-6)12-2-8/h2-5,7,9-11H,1H2/t3?,4-,5+,6+/m1/s1. The molecule has 0 aliphatic carbocycles. The second-order valence-electron chi connectivity index (χ2n) is 2.66. The quantitative estimate of drug-likeness (QED) is 0.352. The van der Waals surface area contributed by atoms with Crippen molar-refractivity contribution >= 4 is 6.47 Å². The van der Waals surface area contributed by atoms with Crippen LogP contribution < -0.4 is 0 Å². The Labute approximate surface area is 73.1 Å². The van der Waals surface area contributed by atoms with Crippen LogP contribution in [0.5, 0.6) is 0 Å². The average molecular weight is 194 g/mol. The molecule has 0 bridgehead atoms. The molecule has 0 aromatic rings. The number of aliphatic hydroxyl groups is 4. The summed E-state index contributed by atoms with van der Waals surface area (Å²) >= 11 is 0. The van der Waals surface area contributed by atoms with Gasteiger partial charge in [0, 0.05) is 0 Å².